The van der Waals surface area contributed by atoms with Crippen molar-refractivity contribution in [2.24, 2.45) is 5.73 Å². The molecule has 0 heterocycles. The molecule has 0 aliphatic heterocycles. The van der Waals surface area contributed by atoms with Gasteiger partial charge in [0.15, 0.2) is 17.4 Å². The molecule has 0 saturated heterocycles. The zero-order chi connectivity index (χ0) is 14.0. The largest absolute Gasteiger partial charge is 0.494 e. The van der Waals surface area contributed by atoms with E-state index in [1.807, 2.05) is 0 Å². The maximum Gasteiger partial charge on any atom is 0.244 e. The van der Waals surface area contributed by atoms with Gasteiger partial charge in [-0.25, -0.2) is 8.78 Å². The van der Waals surface area contributed by atoms with Crippen molar-refractivity contribution in [3.63, 3.8) is 0 Å². The summed E-state index contributed by atoms with van der Waals surface area (Å²) < 4.78 is 31.8. The van der Waals surface area contributed by atoms with Crippen molar-refractivity contribution in [1.29, 1.82) is 0 Å². The summed E-state index contributed by atoms with van der Waals surface area (Å²) in [6.45, 7) is 0. The molecule has 1 amide bonds. The summed E-state index contributed by atoms with van der Waals surface area (Å²) in [7, 11) is 1.24. The van der Waals surface area contributed by atoms with E-state index in [0.29, 0.717) is 12.8 Å². The molecule has 112 valence electrons. The van der Waals surface area contributed by atoms with E-state index in [2.05, 4.69) is 10.1 Å². The topological polar surface area (TPSA) is 64.3 Å². The molecule has 2 rings (SSSR count). The molecule has 3 N–H and O–H groups in total. The third-order valence-corrected chi connectivity index (χ3v) is 3.44. The highest BCUT2D eigenvalue weighted by Gasteiger charge is 2.37. The van der Waals surface area contributed by atoms with Crippen molar-refractivity contribution >= 4 is 24.0 Å². The highest BCUT2D eigenvalue weighted by atomic mass is 35.5. The van der Waals surface area contributed by atoms with Gasteiger partial charge in [-0.1, -0.05) is 12.8 Å². The number of methoxy groups -OCH3 is 1. The molecule has 20 heavy (non-hydrogen) atoms. The number of carbonyl (C=O) groups excluding carboxylic acids is 1. The summed E-state index contributed by atoms with van der Waals surface area (Å²) in [4.78, 5) is 12.0. The van der Waals surface area contributed by atoms with Gasteiger partial charge in [0, 0.05) is 12.1 Å². The first-order valence-electron chi connectivity index (χ1n) is 6.09. The van der Waals surface area contributed by atoms with Crippen LogP contribution in [0, 0.1) is 11.6 Å². The first-order valence-corrected chi connectivity index (χ1v) is 6.09. The van der Waals surface area contributed by atoms with Crippen LogP contribution in [0.15, 0.2) is 12.1 Å². The lowest BCUT2D eigenvalue weighted by Crippen LogP contribution is -2.48. The molecule has 0 spiro atoms. The van der Waals surface area contributed by atoms with Gasteiger partial charge in [-0.15, -0.1) is 12.4 Å². The summed E-state index contributed by atoms with van der Waals surface area (Å²) in [5.41, 5.74) is 4.74. The zero-order valence-corrected chi connectivity index (χ0v) is 11.9. The predicted octanol–water partition coefficient (Wildman–Crippen LogP) is 2.61. The fourth-order valence-corrected chi connectivity index (χ4v) is 2.26. The summed E-state index contributed by atoms with van der Waals surface area (Å²) in [5, 5.41) is 2.35. The van der Waals surface area contributed by atoms with Crippen LogP contribution < -0.4 is 15.8 Å². The Morgan fingerprint density at radius 2 is 1.90 bits per heavy atom. The number of hydrogen-bond acceptors (Lipinski definition) is 3. The number of benzene rings is 1. The summed E-state index contributed by atoms with van der Waals surface area (Å²) in [6, 6.07) is 1.78. The number of amides is 1. The average Bonchev–Trinajstić information content (AvgIpc) is 2.81. The quantitative estimate of drug-likeness (QED) is 0.902. The van der Waals surface area contributed by atoms with E-state index in [4.69, 9.17) is 5.73 Å². The maximum atomic E-state index is 13.7. The van der Waals surface area contributed by atoms with E-state index in [1.54, 1.807) is 0 Å². The lowest BCUT2D eigenvalue weighted by molar-refractivity contribution is -0.121. The number of nitrogens with one attached hydrogen (secondary N) is 1. The van der Waals surface area contributed by atoms with Gasteiger partial charge in [0.2, 0.25) is 5.91 Å². The number of carbonyl (C=O) groups is 1. The Labute approximate surface area is 122 Å². The average molecular weight is 307 g/mol. The Morgan fingerprint density at radius 1 is 1.30 bits per heavy atom. The molecule has 4 nitrogen and oxygen atoms in total. The molecule has 0 atom stereocenters. The summed E-state index contributed by atoms with van der Waals surface area (Å²) >= 11 is 0. The first-order chi connectivity index (χ1) is 8.96. The van der Waals surface area contributed by atoms with Crippen LogP contribution in [0.25, 0.3) is 0 Å². The Kier molecular flexibility index (Phi) is 5.30. The molecule has 7 heteroatoms. The highest BCUT2D eigenvalue weighted by molar-refractivity contribution is 5.98. The third kappa shape index (κ3) is 3.19. The summed E-state index contributed by atoms with van der Waals surface area (Å²) in [6.07, 6.45) is 2.84. The van der Waals surface area contributed by atoms with E-state index in [9.17, 15) is 13.6 Å². The van der Waals surface area contributed by atoms with Crippen LogP contribution in [0.1, 0.15) is 25.7 Å². The number of nitrogens with two attached hydrogens (primary N) is 1. The van der Waals surface area contributed by atoms with E-state index < -0.39 is 23.1 Å². The molecule has 0 unspecified atom stereocenters. The standard InChI is InChI=1S/C13H16F2N2O2.ClH/c1-19-11-7-8(14)10(6-9(11)15)17-12(18)13(16)4-2-3-5-13;/h6-7H,2-5,16H2,1H3,(H,17,18);1H. The van der Waals surface area contributed by atoms with Gasteiger partial charge in [0.1, 0.15) is 0 Å². The van der Waals surface area contributed by atoms with Crippen LogP contribution in [0.4, 0.5) is 14.5 Å². The maximum absolute atomic E-state index is 13.7. The number of anilines is 1. The van der Waals surface area contributed by atoms with Crippen molar-refractivity contribution in [2.45, 2.75) is 31.2 Å². The smallest absolute Gasteiger partial charge is 0.244 e. The van der Waals surface area contributed by atoms with Gasteiger partial charge in [-0.2, -0.15) is 0 Å². The van der Waals surface area contributed by atoms with Gasteiger partial charge >= 0.3 is 0 Å². The van der Waals surface area contributed by atoms with Crippen LogP contribution in [-0.4, -0.2) is 18.6 Å². The lowest BCUT2D eigenvalue weighted by atomic mass is 9.98. The van der Waals surface area contributed by atoms with Gasteiger partial charge < -0.3 is 15.8 Å². The Morgan fingerprint density at radius 3 is 2.45 bits per heavy atom. The van der Waals surface area contributed by atoms with E-state index in [-0.39, 0.29) is 23.8 Å². The van der Waals surface area contributed by atoms with Gasteiger partial charge in [-0.3, -0.25) is 4.79 Å². The van der Waals surface area contributed by atoms with Crippen molar-refractivity contribution in [3.05, 3.63) is 23.8 Å². The molecule has 0 radical (unpaired) electrons. The van der Waals surface area contributed by atoms with E-state index in [0.717, 1.165) is 25.0 Å². The fourth-order valence-electron chi connectivity index (χ4n) is 2.26. The minimum absolute atomic E-state index is 0. The highest BCUT2D eigenvalue weighted by Crippen LogP contribution is 2.30. The van der Waals surface area contributed by atoms with Crippen molar-refractivity contribution in [3.8, 4) is 5.75 Å². The molecule has 0 bridgehead atoms. The second kappa shape index (κ2) is 6.37. The number of rotatable bonds is 3. The monoisotopic (exact) mass is 306 g/mol. The van der Waals surface area contributed by atoms with Gasteiger partial charge in [0.05, 0.1) is 18.3 Å². The van der Waals surface area contributed by atoms with E-state index in [1.165, 1.54) is 7.11 Å². The minimum Gasteiger partial charge on any atom is -0.494 e. The van der Waals surface area contributed by atoms with Crippen LogP contribution in [0.5, 0.6) is 5.75 Å². The van der Waals surface area contributed by atoms with Crippen LogP contribution in [0.3, 0.4) is 0 Å². The van der Waals surface area contributed by atoms with Crippen LogP contribution in [-0.2, 0) is 4.79 Å². The second-order valence-electron chi connectivity index (χ2n) is 4.78. The van der Waals surface area contributed by atoms with E-state index >= 15 is 0 Å². The molecule has 0 aromatic heterocycles. The second-order valence-corrected chi connectivity index (χ2v) is 4.78. The van der Waals surface area contributed by atoms with Crippen LogP contribution in [0.2, 0.25) is 0 Å². The molecule has 1 fully saturated rings. The Balaban J connectivity index is 0.00000200. The zero-order valence-electron chi connectivity index (χ0n) is 11.0. The lowest BCUT2D eigenvalue weighted by Gasteiger charge is -2.22. The van der Waals surface area contributed by atoms with Crippen LogP contribution >= 0.6 is 12.4 Å². The normalized spacial score (nSPS) is 16.4. The van der Waals surface area contributed by atoms with Crippen molar-refractivity contribution < 1.29 is 18.3 Å². The molecule has 1 aliphatic rings. The predicted molar refractivity (Wildman–Crippen MR) is 74.2 cm³/mol. The molecule has 1 aromatic carbocycles. The molecular formula is C13H17ClF2N2O2. The minimum atomic E-state index is -0.983. The number of ether oxygens (including phenoxy) is 1. The molecule has 1 aromatic rings. The summed E-state index contributed by atoms with van der Waals surface area (Å²) in [5.74, 6) is -2.18. The Hall–Kier alpha value is -1.40. The van der Waals surface area contributed by atoms with Gasteiger partial charge in [-0.05, 0) is 12.8 Å². The molecule has 1 saturated carbocycles. The fraction of sp³-hybridized carbons (Fsp3) is 0.462. The number of hydrogen-bond donors (Lipinski definition) is 2. The van der Waals surface area contributed by atoms with Crippen molar-refractivity contribution in [1.82, 2.24) is 0 Å². The molecule has 1 aliphatic carbocycles. The third-order valence-electron chi connectivity index (χ3n) is 3.44. The van der Waals surface area contributed by atoms with Gasteiger partial charge in [0.25, 0.3) is 0 Å². The Bertz CT molecular complexity index is 505. The van der Waals surface area contributed by atoms with Crippen molar-refractivity contribution in [2.75, 3.05) is 12.4 Å². The molecular weight excluding hydrogens is 290 g/mol. The number of halogens is 3. The first kappa shape index (κ1) is 16.7. The SMILES string of the molecule is COc1cc(F)c(NC(=O)C2(N)CCCC2)cc1F.Cl.